The number of nitrogens with zero attached hydrogens (tertiary/aromatic N) is 1. The molecule has 1 aromatic carbocycles. The highest BCUT2D eigenvalue weighted by atomic mass is 32.1. The third kappa shape index (κ3) is 2.83. The summed E-state index contributed by atoms with van der Waals surface area (Å²) in [6.45, 7) is 3.71. The molecule has 0 N–H and O–H groups in total. The van der Waals surface area contributed by atoms with E-state index in [0.717, 1.165) is 23.5 Å². The zero-order valence-corrected chi connectivity index (χ0v) is 11.1. The van der Waals surface area contributed by atoms with Crippen LogP contribution in [0.5, 0.6) is 0 Å². The molecule has 2 rings (SSSR count). The van der Waals surface area contributed by atoms with Crippen LogP contribution in [0.3, 0.4) is 0 Å². The minimum atomic E-state index is 0.116. The molecule has 92 valence electrons. The lowest BCUT2D eigenvalue weighted by atomic mass is 9.85. The number of carbonyl (C=O) groups is 1. The van der Waals surface area contributed by atoms with Crippen molar-refractivity contribution in [3.05, 3.63) is 29.8 Å². The molecule has 1 aliphatic rings. The first-order chi connectivity index (χ1) is 8.22. The van der Waals surface area contributed by atoms with Crippen LogP contribution in [0.4, 0.5) is 0 Å². The first-order valence-electron chi connectivity index (χ1n) is 6.29. The Bertz CT molecular complexity index is 401. The molecule has 1 aliphatic carbocycles. The second kappa shape index (κ2) is 5.58. The number of benzene rings is 1. The second-order valence-corrected chi connectivity index (χ2v) is 5.14. The monoisotopic (exact) mass is 249 g/mol. The van der Waals surface area contributed by atoms with Gasteiger partial charge in [0.2, 0.25) is 0 Å². The number of thiol groups is 1. The van der Waals surface area contributed by atoms with E-state index in [1.54, 1.807) is 0 Å². The van der Waals surface area contributed by atoms with Crippen molar-refractivity contribution in [3.63, 3.8) is 0 Å². The van der Waals surface area contributed by atoms with Crippen molar-refractivity contribution >= 4 is 18.5 Å². The summed E-state index contributed by atoms with van der Waals surface area (Å²) in [4.78, 5) is 15.1. The molecule has 0 spiro atoms. The topological polar surface area (TPSA) is 20.3 Å². The van der Waals surface area contributed by atoms with Crippen LogP contribution in [0.1, 0.15) is 36.5 Å². The molecule has 2 nitrogen and oxygen atoms in total. The summed E-state index contributed by atoms with van der Waals surface area (Å²) in [5.74, 6) is 0.830. The second-order valence-electron chi connectivity index (χ2n) is 4.66. The Morgan fingerprint density at radius 3 is 2.65 bits per heavy atom. The molecule has 0 bridgehead atoms. The van der Waals surface area contributed by atoms with Gasteiger partial charge in [-0.25, -0.2) is 0 Å². The maximum Gasteiger partial charge on any atom is 0.254 e. The van der Waals surface area contributed by atoms with E-state index in [-0.39, 0.29) is 5.91 Å². The van der Waals surface area contributed by atoms with E-state index < -0.39 is 0 Å². The SMILES string of the molecule is CCN(CC1CCC1)C(=O)c1ccccc1S. The summed E-state index contributed by atoms with van der Waals surface area (Å²) in [7, 11) is 0. The Hall–Kier alpha value is -0.960. The average molecular weight is 249 g/mol. The molecule has 1 amide bonds. The van der Waals surface area contributed by atoms with Gasteiger partial charge in [-0.2, -0.15) is 0 Å². The van der Waals surface area contributed by atoms with Gasteiger partial charge in [-0.3, -0.25) is 4.79 Å². The summed E-state index contributed by atoms with van der Waals surface area (Å²) >= 11 is 4.35. The van der Waals surface area contributed by atoms with Gasteiger partial charge in [0.05, 0.1) is 5.56 Å². The largest absolute Gasteiger partial charge is 0.339 e. The van der Waals surface area contributed by atoms with Gasteiger partial charge in [-0.1, -0.05) is 18.6 Å². The van der Waals surface area contributed by atoms with Crippen molar-refractivity contribution < 1.29 is 4.79 Å². The molecule has 0 aliphatic heterocycles. The molecule has 1 aromatic rings. The molecule has 0 atom stereocenters. The third-order valence-corrected chi connectivity index (χ3v) is 3.90. The van der Waals surface area contributed by atoms with Crippen LogP contribution >= 0.6 is 12.6 Å². The first-order valence-corrected chi connectivity index (χ1v) is 6.74. The predicted molar refractivity (Wildman–Crippen MR) is 72.6 cm³/mol. The minimum Gasteiger partial charge on any atom is -0.339 e. The molecule has 1 fully saturated rings. The van der Waals surface area contributed by atoms with E-state index in [4.69, 9.17) is 0 Å². The molecule has 0 aromatic heterocycles. The number of rotatable bonds is 4. The predicted octanol–water partition coefficient (Wildman–Crippen LogP) is 3.24. The van der Waals surface area contributed by atoms with Crippen LogP contribution in [-0.2, 0) is 0 Å². The van der Waals surface area contributed by atoms with Gasteiger partial charge in [0, 0.05) is 18.0 Å². The molecule has 0 saturated heterocycles. The first kappa shape index (κ1) is 12.5. The van der Waals surface area contributed by atoms with Gasteiger partial charge in [-0.15, -0.1) is 12.6 Å². The third-order valence-electron chi connectivity index (χ3n) is 3.51. The van der Waals surface area contributed by atoms with Crippen LogP contribution in [0.2, 0.25) is 0 Å². The highest BCUT2D eigenvalue weighted by molar-refractivity contribution is 7.80. The van der Waals surface area contributed by atoms with Gasteiger partial charge in [-0.05, 0) is 37.8 Å². The van der Waals surface area contributed by atoms with Crippen LogP contribution in [0.15, 0.2) is 29.2 Å². The van der Waals surface area contributed by atoms with Crippen molar-refractivity contribution in [1.82, 2.24) is 4.90 Å². The normalized spacial score (nSPS) is 15.4. The molecule has 0 radical (unpaired) electrons. The fourth-order valence-electron chi connectivity index (χ4n) is 2.17. The minimum absolute atomic E-state index is 0.116. The van der Waals surface area contributed by atoms with E-state index in [2.05, 4.69) is 12.6 Å². The highest BCUT2D eigenvalue weighted by Crippen LogP contribution is 2.27. The molecule has 3 heteroatoms. The molecule has 17 heavy (non-hydrogen) atoms. The Labute approximate surface area is 108 Å². The Kier molecular flexibility index (Phi) is 4.11. The summed E-state index contributed by atoms with van der Waals surface area (Å²) in [5, 5.41) is 0. The van der Waals surface area contributed by atoms with Gasteiger partial charge < -0.3 is 4.90 Å². The quantitative estimate of drug-likeness (QED) is 0.812. The standard InChI is InChI=1S/C14H19NOS/c1-2-15(10-11-6-5-7-11)14(16)12-8-3-4-9-13(12)17/h3-4,8-9,11,17H,2,5-7,10H2,1H3. The zero-order chi connectivity index (χ0) is 12.3. The molecule has 0 heterocycles. The zero-order valence-electron chi connectivity index (χ0n) is 10.2. The van der Waals surface area contributed by atoms with Crippen molar-refractivity contribution in [3.8, 4) is 0 Å². The summed E-state index contributed by atoms with van der Waals surface area (Å²) in [5.41, 5.74) is 0.719. The number of hydrogen-bond acceptors (Lipinski definition) is 2. The number of carbonyl (C=O) groups excluding carboxylic acids is 1. The van der Waals surface area contributed by atoms with E-state index in [1.165, 1.54) is 19.3 Å². The van der Waals surface area contributed by atoms with Gasteiger partial charge >= 0.3 is 0 Å². The van der Waals surface area contributed by atoms with Crippen LogP contribution in [0, 0.1) is 5.92 Å². The Morgan fingerprint density at radius 1 is 1.41 bits per heavy atom. The van der Waals surface area contributed by atoms with Crippen molar-refractivity contribution in [2.45, 2.75) is 31.1 Å². The maximum absolute atomic E-state index is 12.3. The lowest BCUT2D eigenvalue weighted by Gasteiger charge is -2.32. The molecular weight excluding hydrogens is 230 g/mol. The molecule has 0 unspecified atom stereocenters. The van der Waals surface area contributed by atoms with Crippen LogP contribution in [0.25, 0.3) is 0 Å². The van der Waals surface area contributed by atoms with Crippen molar-refractivity contribution in [1.29, 1.82) is 0 Å². The summed E-state index contributed by atoms with van der Waals surface area (Å²) < 4.78 is 0. The Morgan fingerprint density at radius 2 is 2.12 bits per heavy atom. The molecule has 1 saturated carbocycles. The summed E-state index contributed by atoms with van der Waals surface area (Å²) in [6, 6.07) is 7.52. The van der Waals surface area contributed by atoms with Gasteiger partial charge in [0.1, 0.15) is 0 Å². The van der Waals surface area contributed by atoms with E-state index in [1.807, 2.05) is 36.1 Å². The van der Waals surface area contributed by atoms with Crippen molar-refractivity contribution in [2.24, 2.45) is 5.92 Å². The highest BCUT2D eigenvalue weighted by Gasteiger charge is 2.23. The van der Waals surface area contributed by atoms with E-state index >= 15 is 0 Å². The van der Waals surface area contributed by atoms with Gasteiger partial charge in [0.15, 0.2) is 0 Å². The van der Waals surface area contributed by atoms with Crippen molar-refractivity contribution in [2.75, 3.05) is 13.1 Å². The number of hydrogen-bond donors (Lipinski definition) is 1. The van der Waals surface area contributed by atoms with Crippen LogP contribution in [-0.4, -0.2) is 23.9 Å². The smallest absolute Gasteiger partial charge is 0.254 e. The maximum atomic E-state index is 12.3. The van der Waals surface area contributed by atoms with E-state index in [0.29, 0.717) is 5.92 Å². The Balaban J connectivity index is 2.08. The van der Waals surface area contributed by atoms with Crippen LogP contribution < -0.4 is 0 Å². The fraction of sp³-hybridized carbons (Fsp3) is 0.500. The summed E-state index contributed by atoms with van der Waals surface area (Å²) in [6.07, 6.45) is 3.86. The fourth-order valence-corrected chi connectivity index (χ4v) is 2.42. The number of amides is 1. The molecular formula is C14H19NOS. The lowest BCUT2D eigenvalue weighted by Crippen LogP contribution is -2.37. The average Bonchev–Trinajstić information content (AvgIpc) is 2.28. The van der Waals surface area contributed by atoms with Gasteiger partial charge in [0.25, 0.3) is 5.91 Å². The lowest BCUT2D eigenvalue weighted by molar-refractivity contribution is 0.0703. The van der Waals surface area contributed by atoms with E-state index in [9.17, 15) is 4.79 Å².